The Bertz CT molecular complexity index is 368. The highest BCUT2D eigenvalue weighted by Gasteiger charge is 2.72. The van der Waals surface area contributed by atoms with Crippen molar-refractivity contribution in [3.8, 4) is 0 Å². The highest BCUT2D eigenvalue weighted by Crippen LogP contribution is 2.63. The van der Waals surface area contributed by atoms with Crippen molar-refractivity contribution in [3.63, 3.8) is 0 Å². The molecule has 2 N–H and O–H groups in total. The van der Waals surface area contributed by atoms with Crippen molar-refractivity contribution in [1.82, 2.24) is 0 Å². The molecule has 0 aromatic carbocycles. The molecule has 7 atom stereocenters. The smallest absolute Gasteiger partial charge is 0.160 e. The number of rotatable bonds is 3. The van der Waals surface area contributed by atoms with Gasteiger partial charge in [-0.25, -0.2) is 0 Å². The maximum absolute atomic E-state index is 10.1. The summed E-state index contributed by atoms with van der Waals surface area (Å²) in [4.78, 5) is 0. The Hall–Kier alpha value is -0.420. The summed E-state index contributed by atoms with van der Waals surface area (Å²) in [6.07, 6.45) is 6.61. The second-order valence-corrected chi connectivity index (χ2v) is 5.82. The first-order valence-corrected chi connectivity index (χ1v) is 6.59. The van der Waals surface area contributed by atoms with Crippen LogP contribution in [0.2, 0.25) is 0 Å². The van der Waals surface area contributed by atoms with Gasteiger partial charge in [-0.05, 0) is 25.7 Å². The molecule has 4 nitrogen and oxygen atoms in total. The Morgan fingerprint density at radius 1 is 1.41 bits per heavy atom. The van der Waals surface area contributed by atoms with Crippen molar-refractivity contribution in [2.75, 3.05) is 0 Å². The van der Waals surface area contributed by atoms with Crippen molar-refractivity contribution in [1.29, 1.82) is 0 Å². The van der Waals surface area contributed by atoms with Crippen LogP contribution >= 0.6 is 0 Å². The topological polar surface area (TPSA) is 62.2 Å². The average Bonchev–Trinajstić information content (AvgIpc) is 2.87. The summed E-state index contributed by atoms with van der Waals surface area (Å²) < 4.78 is 11.3. The summed E-state index contributed by atoms with van der Waals surface area (Å²) in [5.74, 6) is 0.548. The monoisotopic (exact) mass is 238 g/mol. The van der Waals surface area contributed by atoms with Crippen LogP contribution in [0.3, 0.4) is 0 Å². The van der Waals surface area contributed by atoms with Crippen LogP contribution in [0.1, 0.15) is 25.7 Å². The van der Waals surface area contributed by atoms with Gasteiger partial charge in [0.15, 0.2) is 6.29 Å². The molecule has 4 aliphatic rings. The second kappa shape index (κ2) is 3.32. The summed E-state index contributed by atoms with van der Waals surface area (Å²) in [6, 6.07) is 0. The number of epoxide rings is 1. The third-order valence-electron chi connectivity index (χ3n) is 4.90. The van der Waals surface area contributed by atoms with Crippen molar-refractivity contribution < 1.29 is 19.7 Å². The molecule has 0 amide bonds. The van der Waals surface area contributed by atoms with Gasteiger partial charge in [0.25, 0.3) is 0 Å². The largest absolute Gasteiger partial charge is 0.390 e. The minimum absolute atomic E-state index is 0.0384. The van der Waals surface area contributed by atoms with Gasteiger partial charge in [-0.1, -0.05) is 12.2 Å². The summed E-state index contributed by atoms with van der Waals surface area (Å²) in [6.45, 7) is 0. The van der Waals surface area contributed by atoms with Crippen molar-refractivity contribution >= 4 is 0 Å². The number of aliphatic hydroxyl groups excluding tert-OH is 2. The van der Waals surface area contributed by atoms with Crippen LogP contribution in [0.25, 0.3) is 0 Å². The lowest BCUT2D eigenvalue weighted by atomic mass is 9.84. The highest BCUT2D eigenvalue weighted by atomic mass is 16.6. The van der Waals surface area contributed by atoms with Gasteiger partial charge in [0.2, 0.25) is 0 Å². The molecular weight excluding hydrogens is 220 g/mol. The minimum Gasteiger partial charge on any atom is -0.390 e. The molecule has 3 aliphatic carbocycles. The molecule has 2 saturated carbocycles. The van der Waals surface area contributed by atoms with Gasteiger partial charge in [0.05, 0.1) is 18.3 Å². The lowest BCUT2D eigenvalue weighted by Gasteiger charge is -2.26. The van der Waals surface area contributed by atoms with E-state index < -0.39 is 12.4 Å². The predicted octanol–water partition coefficient (Wildman–Crippen LogP) is 0.578. The lowest BCUT2D eigenvalue weighted by molar-refractivity contribution is -0.186. The molecule has 0 aromatic rings. The standard InChI is InChI=1S/C13H18O4/c14-9-2-1-3-10(9)16-12(15)8-6-7-4-5-13(7)11(8)17-13/h4-5,7-12,14-15H,1-3,6H2. The normalized spacial score (nSPS) is 56.2. The number of ether oxygens (including phenoxy) is 2. The molecule has 0 radical (unpaired) electrons. The number of hydrogen-bond donors (Lipinski definition) is 2. The second-order valence-electron chi connectivity index (χ2n) is 5.82. The van der Waals surface area contributed by atoms with E-state index in [1.165, 1.54) is 0 Å². The first-order valence-electron chi connectivity index (χ1n) is 6.59. The van der Waals surface area contributed by atoms with E-state index in [0.29, 0.717) is 5.92 Å². The van der Waals surface area contributed by atoms with Gasteiger partial charge in [-0.3, -0.25) is 0 Å². The molecule has 17 heavy (non-hydrogen) atoms. The Balaban J connectivity index is 1.40. The summed E-state index contributed by atoms with van der Waals surface area (Å²) in [7, 11) is 0. The summed E-state index contributed by atoms with van der Waals surface area (Å²) in [5.41, 5.74) is -0.0384. The summed E-state index contributed by atoms with van der Waals surface area (Å²) in [5, 5.41) is 19.8. The maximum Gasteiger partial charge on any atom is 0.160 e. The Morgan fingerprint density at radius 2 is 2.29 bits per heavy atom. The van der Waals surface area contributed by atoms with E-state index in [1.54, 1.807) is 0 Å². The Morgan fingerprint density at radius 3 is 2.76 bits per heavy atom. The van der Waals surface area contributed by atoms with E-state index in [1.807, 2.05) is 0 Å². The van der Waals surface area contributed by atoms with Crippen LogP contribution in [-0.2, 0) is 9.47 Å². The molecule has 94 valence electrons. The lowest BCUT2D eigenvalue weighted by Crippen LogP contribution is -2.34. The van der Waals surface area contributed by atoms with Gasteiger partial charge in [-0.2, -0.15) is 0 Å². The molecule has 1 saturated heterocycles. The van der Waals surface area contributed by atoms with Gasteiger partial charge in [0, 0.05) is 11.8 Å². The molecule has 0 bridgehead atoms. The zero-order chi connectivity index (χ0) is 11.6. The van der Waals surface area contributed by atoms with Gasteiger partial charge >= 0.3 is 0 Å². The molecule has 4 heteroatoms. The molecule has 1 spiro atoms. The third-order valence-corrected chi connectivity index (χ3v) is 4.90. The third kappa shape index (κ3) is 1.32. The maximum atomic E-state index is 10.1. The van der Waals surface area contributed by atoms with Crippen LogP contribution in [0.5, 0.6) is 0 Å². The van der Waals surface area contributed by atoms with Crippen LogP contribution in [0.15, 0.2) is 12.2 Å². The van der Waals surface area contributed by atoms with E-state index in [-0.39, 0.29) is 23.7 Å². The van der Waals surface area contributed by atoms with Crippen molar-refractivity contribution in [2.45, 2.75) is 55.9 Å². The highest BCUT2D eigenvalue weighted by molar-refractivity contribution is 5.37. The van der Waals surface area contributed by atoms with Gasteiger partial charge < -0.3 is 19.7 Å². The van der Waals surface area contributed by atoms with Crippen LogP contribution < -0.4 is 0 Å². The first-order chi connectivity index (χ1) is 8.21. The minimum atomic E-state index is -0.787. The fraction of sp³-hybridized carbons (Fsp3) is 0.846. The zero-order valence-corrected chi connectivity index (χ0v) is 9.66. The SMILES string of the molecule is OC1CCCC1OC(O)C1CC2C=CC23OC13. The van der Waals surface area contributed by atoms with Crippen LogP contribution in [0, 0.1) is 11.8 Å². The predicted molar refractivity (Wildman–Crippen MR) is 59.1 cm³/mol. The fourth-order valence-electron chi connectivity index (χ4n) is 3.75. The molecule has 7 unspecified atom stereocenters. The average molecular weight is 238 g/mol. The zero-order valence-electron chi connectivity index (χ0n) is 9.66. The van der Waals surface area contributed by atoms with Crippen molar-refractivity contribution in [3.05, 3.63) is 12.2 Å². The quantitative estimate of drug-likeness (QED) is 0.429. The molecular formula is C13H18O4. The van der Waals surface area contributed by atoms with Gasteiger partial charge in [0.1, 0.15) is 5.60 Å². The van der Waals surface area contributed by atoms with E-state index >= 15 is 0 Å². The van der Waals surface area contributed by atoms with Gasteiger partial charge in [-0.15, -0.1) is 0 Å². The number of aliphatic hydroxyl groups is 2. The molecule has 1 aliphatic heterocycles. The Labute approximate surface area is 100 Å². The molecule has 4 rings (SSSR count). The fourth-order valence-corrected chi connectivity index (χ4v) is 3.75. The molecule has 3 fully saturated rings. The van der Waals surface area contributed by atoms with Crippen LogP contribution in [0.4, 0.5) is 0 Å². The van der Waals surface area contributed by atoms with E-state index in [4.69, 9.17) is 9.47 Å². The Kier molecular flexibility index (Phi) is 2.05. The van der Waals surface area contributed by atoms with E-state index in [0.717, 1.165) is 25.7 Å². The van der Waals surface area contributed by atoms with Crippen LogP contribution in [-0.4, -0.2) is 40.4 Å². The van der Waals surface area contributed by atoms with Crippen molar-refractivity contribution in [2.24, 2.45) is 11.8 Å². The van der Waals surface area contributed by atoms with E-state index in [9.17, 15) is 10.2 Å². The summed E-state index contributed by atoms with van der Waals surface area (Å²) >= 11 is 0. The first kappa shape index (κ1) is 10.5. The molecule has 1 heterocycles. The molecule has 0 aromatic heterocycles. The number of hydrogen-bond acceptors (Lipinski definition) is 4. The van der Waals surface area contributed by atoms with E-state index in [2.05, 4.69) is 12.2 Å².